The normalized spacial score (nSPS) is 12.3. The Labute approximate surface area is 126 Å². The minimum atomic E-state index is -0.532. The molecule has 20 heavy (non-hydrogen) atoms. The summed E-state index contributed by atoms with van der Waals surface area (Å²) in [6.45, 7) is 5.71. The molecule has 2 rings (SSSR count). The Morgan fingerprint density at radius 3 is 2.05 bits per heavy atom. The molecule has 0 fully saturated rings. The van der Waals surface area contributed by atoms with Crippen molar-refractivity contribution < 1.29 is 8.78 Å². The highest BCUT2D eigenvalue weighted by Crippen LogP contribution is 2.29. The summed E-state index contributed by atoms with van der Waals surface area (Å²) in [6.07, 6.45) is 0. The van der Waals surface area contributed by atoms with Gasteiger partial charge in [0.15, 0.2) is 0 Å². The number of anilines is 1. The van der Waals surface area contributed by atoms with Crippen molar-refractivity contribution in [2.24, 2.45) is 0 Å². The minimum Gasteiger partial charge on any atom is -0.378 e. The molecule has 106 valence electrons. The van der Waals surface area contributed by atoms with Gasteiger partial charge in [-0.3, -0.25) is 0 Å². The number of halogens is 3. The maximum atomic E-state index is 13.7. The van der Waals surface area contributed by atoms with Gasteiger partial charge in [0.1, 0.15) is 11.6 Å². The van der Waals surface area contributed by atoms with Gasteiger partial charge in [0.2, 0.25) is 0 Å². The Bertz CT molecular complexity index is 597. The zero-order valence-corrected chi connectivity index (χ0v) is 13.2. The molecule has 0 saturated heterocycles. The van der Waals surface area contributed by atoms with E-state index >= 15 is 0 Å². The average molecular weight is 340 g/mol. The fourth-order valence-electron chi connectivity index (χ4n) is 2.28. The summed E-state index contributed by atoms with van der Waals surface area (Å²) in [4.78, 5) is 0. The van der Waals surface area contributed by atoms with Crippen LogP contribution < -0.4 is 5.32 Å². The number of hydrogen-bond acceptors (Lipinski definition) is 1. The molecule has 1 atom stereocenters. The van der Waals surface area contributed by atoms with Gasteiger partial charge < -0.3 is 5.32 Å². The van der Waals surface area contributed by atoms with Crippen LogP contribution in [0.4, 0.5) is 14.5 Å². The monoisotopic (exact) mass is 339 g/mol. The zero-order valence-electron chi connectivity index (χ0n) is 11.6. The van der Waals surface area contributed by atoms with Gasteiger partial charge in [-0.1, -0.05) is 22.0 Å². The molecule has 0 aromatic heterocycles. The third-order valence-corrected chi connectivity index (χ3v) is 4.50. The Hall–Kier alpha value is -1.42. The van der Waals surface area contributed by atoms with Crippen molar-refractivity contribution in [3.63, 3.8) is 0 Å². The van der Waals surface area contributed by atoms with Gasteiger partial charge in [-0.2, -0.15) is 0 Å². The summed E-state index contributed by atoms with van der Waals surface area (Å²) >= 11 is 3.50. The molecule has 2 aromatic carbocycles. The molecule has 1 N–H and O–H groups in total. The average Bonchev–Trinajstić information content (AvgIpc) is 2.35. The predicted octanol–water partition coefficient (Wildman–Crippen LogP) is 5.52. The number of rotatable bonds is 3. The molecule has 4 heteroatoms. The molecule has 0 bridgehead atoms. The van der Waals surface area contributed by atoms with E-state index in [0.717, 1.165) is 21.3 Å². The smallest absolute Gasteiger partial charge is 0.131 e. The van der Waals surface area contributed by atoms with Crippen molar-refractivity contribution >= 4 is 21.6 Å². The van der Waals surface area contributed by atoms with E-state index in [0.29, 0.717) is 0 Å². The van der Waals surface area contributed by atoms with Crippen molar-refractivity contribution in [1.29, 1.82) is 0 Å². The highest BCUT2D eigenvalue weighted by atomic mass is 79.9. The lowest BCUT2D eigenvalue weighted by molar-refractivity contribution is 0.544. The number of benzene rings is 2. The topological polar surface area (TPSA) is 12.0 Å². The quantitative estimate of drug-likeness (QED) is 0.776. The largest absolute Gasteiger partial charge is 0.378 e. The second-order valence-corrected chi connectivity index (χ2v) is 5.72. The molecule has 0 aliphatic heterocycles. The summed E-state index contributed by atoms with van der Waals surface area (Å²) in [5.41, 5.74) is 3.06. The van der Waals surface area contributed by atoms with E-state index in [1.165, 1.54) is 18.2 Å². The first-order valence-corrected chi connectivity index (χ1v) is 7.16. The van der Waals surface area contributed by atoms with Crippen LogP contribution in [0.15, 0.2) is 34.8 Å². The summed E-state index contributed by atoms with van der Waals surface area (Å²) in [7, 11) is 0. The fourth-order valence-corrected chi connectivity index (χ4v) is 2.50. The van der Waals surface area contributed by atoms with Gasteiger partial charge in [0, 0.05) is 15.7 Å². The minimum absolute atomic E-state index is 0.0609. The third kappa shape index (κ3) is 3.01. The molecule has 0 spiro atoms. The van der Waals surface area contributed by atoms with E-state index in [1.807, 2.05) is 26.0 Å². The number of nitrogens with one attached hydrogen (secondary N) is 1. The molecular weight excluding hydrogens is 324 g/mol. The Kier molecular flexibility index (Phi) is 4.43. The summed E-state index contributed by atoms with van der Waals surface area (Å²) in [5.74, 6) is -1.06. The summed E-state index contributed by atoms with van der Waals surface area (Å²) in [6, 6.07) is 7.37. The lowest BCUT2D eigenvalue weighted by Gasteiger charge is -2.18. The highest BCUT2D eigenvalue weighted by Gasteiger charge is 2.16. The number of aryl methyl sites for hydroxylation is 2. The van der Waals surface area contributed by atoms with Crippen molar-refractivity contribution in [2.75, 3.05) is 5.32 Å². The first-order chi connectivity index (χ1) is 9.40. The van der Waals surface area contributed by atoms with Crippen molar-refractivity contribution in [3.05, 3.63) is 63.1 Å². The van der Waals surface area contributed by atoms with Crippen molar-refractivity contribution in [2.45, 2.75) is 26.8 Å². The van der Waals surface area contributed by atoms with Crippen LogP contribution in [0.5, 0.6) is 0 Å². The molecule has 1 unspecified atom stereocenters. The van der Waals surface area contributed by atoms with Crippen molar-refractivity contribution in [3.8, 4) is 0 Å². The van der Waals surface area contributed by atoms with E-state index in [2.05, 4.69) is 21.2 Å². The Morgan fingerprint density at radius 2 is 1.55 bits per heavy atom. The Balaban J connectivity index is 2.30. The lowest BCUT2D eigenvalue weighted by atomic mass is 10.1. The van der Waals surface area contributed by atoms with Crippen LogP contribution in [0.25, 0.3) is 0 Å². The van der Waals surface area contributed by atoms with Crippen molar-refractivity contribution in [1.82, 2.24) is 0 Å². The van der Waals surface area contributed by atoms with Crippen LogP contribution in [0.2, 0.25) is 0 Å². The molecule has 0 amide bonds. The number of hydrogen-bond donors (Lipinski definition) is 1. The zero-order chi connectivity index (χ0) is 14.9. The first-order valence-electron chi connectivity index (χ1n) is 6.37. The van der Waals surface area contributed by atoms with E-state index in [1.54, 1.807) is 6.92 Å². The Morgan fingerprint density at radius 1 is 1.05 bits per heavy atom. The SMILES string of the molecule is Cc1cc(NC(C)c2c(F)cccc2F)cc(C)c1Br. The van der Waals surface area contributed by atoms with Gasteiger partial charge in [-0.15, -0.1) is 0 Å². The maximum Gasteiger partial charge on any atom is 0.131 e. The molecule has 2 aromatic rings. The molecule has 1 nitrogen and oxygen atoms in total. The van der Waals surface area contributed by atoms with Crippen LogP contribution in [0, 0.1) is 25.5 Å². The van der Waals surface area contributed by atoms with E-state index in [-0.39, 0.29) is 5.56 Å². The van der Waals surface area contributed by atoms with Crippen LogP contribution in [0.1, 0.15) is 29.7 Å². The molecule has 0 radical (unpaired) electrons. The highest BCUT2D eigenvalue weighted by molar-refractivity contribution is 9.10. The summed E-state index contributed by atoms with van der Waals surface area (Å²) in [5, 5.41) is 3.15. The van der Waals surface area contributed by atoms with E-state index in [4.69, 9.17) is 0 Å². The van der Waals surface area contributed by atoms with Crippen LogP contribution in [-0.2, 0) is 0 Å². The second-order valence-electron chi connectivity index (χ2n) is 4.93. The van der Waals surface area contributed by atoms with Crippen LogP contribution >= 0.6 is 15.9 Å². The third-order valence-electron chi connectivity index (χ3n) is 3.25. The second kappa shape index (κ2) is 5.92. The molecule has 0 aliphatic rings. The van der Waals surface area contributed by atoms with Gasteiger partial charge in [-0.05, 0) is 56.2 Å². The molecular formula is C16H16BrF2N. The summed E-state index contributed by atoms with van der Waals surface area (Å²) < 4.78 is 28.5. The first kappa shape index (κ1) is 15.0. The van der Waals surface area contributed by atoms with Crippen LogP contribution in [0.3, 0.4) is 0 Å². The van der Waals surface area contributed by atoms with Crippen LogP contribution in [-0.4, -0.2) is 0 Å². The standard InChI is InChI=1S/C16H16BrF2N/c1-9-7-12(8-10(2)16(9)17)20-11(3)15-13(18)5-4-6-14(15)19/h4-8,11,20H,1-3H3. The predicted molar refractivity (Wildman–Crippen MR) is 82.0 cm³/mol. The van der Waals surface area contributed by atoms with Gasteiger partial charge in [0.25, 0.3) is 0 Å². The molecule has 0 aliphatic carbocycles. The van der Waals surface area contributed by atoms with Gasteiger partial charge in [-0.25, -0.2) is 8.78 Å². The lowest BCUT2D eigenvalue weighted by Crippen LogP contribution is -2.11. The molecule has 0 saturated carbocycles. The van der Waals surface area contributed by atoms with E-state index < -0.39 is 17.7 Å². The van der Waals surface area contributed by atoms with Gasteiger partial charge in [0.05, 0.1) is 6.04 Å². The maximum absolute atomic E-state index is 13.7. The molecule has 0 heterocycles. The van der Waals surface area contributed by atoms with Gasteiger partial charge >= 0.3 is 0 Å². The fraction of sp³-hybridized carbons (Fsp3) is 0.250. The van der Waals surface area contributed by atoms with E-state index in [9.17, 15) is 8.78 Å².